The van der Waals surface area contributed by atoms with Gasteiger partial charge in [0.25, 0.3) is 0 Å². The van der Waals surface area contributed by atoms with E-state index in [1.165, 1.54) is 0 Å². The Morgan fingerprint density at radius 3 is 1.38 bits per heavy atom. The van der Waals surface area contributed by atoms with Crippen LogP contribution < -0.4 is 0 Å². The second-order valence-electron chi connectivity index (χ2n) is 5.06. The molecule has 0 aliphatic heterocycles. The van der Waals surface area contributed by atoms with Crippen molar-refractivity contribution in [3.05, 3.63) is 70.1 Å². The molecule has 4 rings (SSSR count). The van der Waals surface area contributed by atoms with Gasteiger partial charge in [0.15, 0.2) is 0 Å². The van der Waals surface area contributed by atoms with Crippen LogP contribution in [-0.2, 0) is 0 Å². The fourth-order valence-electron chi connectivity index (χ4n) is 2.24. The molecule has 4 heteroatoms. The van der Waals surface area contributed by atoms with Crippen LogP contribution in [0.5, 0.6) is 0 Å². The highest BCUT2D eigenvalue weighted by molar-refractivity contribution is 6.36. The summed E-state index contributed by atoms with van der Waals surface area (Å²) in [6, 6.07) is 11.5. The second kappa shape index (κ2) is 8.27. The predicted octanol–water partition coefficient (Wildman–Crippen LogP) is 7.82. The van der Waals surface area contributed by atoms with E-state index in [0.717, 1.165) is 43.1 Å². The lowest BCUT2D eigenvalue weighted by atomic mass is 10.2. The highest BCUT2D eigenvalue weighted by Crippen LogP contribution is 2.28. The van der Waals surface area contributed by atoms with Gasteiger partial charge in [0.2, 0.25) is 0 Å². The molecule has 126 valence electrons. The van der Waals surface area contributed by atoms with E-state index in [1.54, 1.807) is 12.5 Å². The van der Waals surface area contributed by atoms with Crippen molar-refractivity contribution in [1.82, 2.24) is 0 Å². The van der Waals surface area contributed by atoms with Crippen LogP contribution >= 0.6 is 23.2 Å². The zero-order valence-corrected chi connectivity index (χ0v) is 15.7. The first-order valence-corrected chi connectivity index (χ1v) is 8.58. The predicted molar refractivity (Wildman–Crippen MR) is 103 cm³/mol. The van der Waals surface area contributed by atoms with Crippen LogP contribution in [0, 0.1) is 13.8 Å². The minimum absolute atomic E-state index is 0.788. The topological polar surface area (TPSA) is 26.3 Å². The van der Waals surface area contributed by atoms with Crippen molar-refractivity contribution >= 4 is 45.1 Å². The molecular weight excluding hydrogens is 343 g/mol. The maximum atomic E-state index is 6.01. The Hall–Kier alpha value is -1.90. The van der Waals surface area contributed by atoms with Crippen LogP contribution in [0.15, 0.2) is 57.8 Å². The molecule has 0 aliphatic carbocycles. The van der Waals surface area contributed by atoms with Crippen LogP contribution in [0.1, 0.15) is 25.0 Å². The average Bonchev–Trinajstić information content (AvgIpc) is 3.26. The Kier molecular flexibility index (Phi) is 6.36. The summed E-state index contributed by atoms with van der Waals surface area (Å²) < 4.78 is 10.3. The second-order valence-corrected chi connectivity index (χ2v) is 5.81. The quantitative estimate of drug-likeness (QED) is 0.318. The number of aryl methyl sites for hydroxylation is 2. The van der Waals surface area contributed by atoms with E-state index in [2.05, 4.69) is 0 Å². The normalized spacial score (nSPS) is 10.1. The Morgan fingerprint density at radius 1 is 0.625 bits per heavy atom. The van der Waals surface area contributed by atoms with Crippen LogP contribution in [0.3, 0.4) is 0 Å². The number of halogens is 2. The van der Waals surface area contributed by atoms with Gasteiger partial charge in [0.1, 0.15) is 11.2 Å². The summed E-state index contributed by atoms with van der Waals surface area (Å²) in [4.78, 5) is 0. The molecule has 0 fully saturated rings. The summed E-state index contributed by atoms with van der Waals surface area (Å²) in [5.74, 6) is 0. The van der Waals surface area contributed by atoms with Crippen molar-refractivity contribution in [3.8, 4) is 0 Å². The first kappa shape index (κ1) is 18.4. The number of benzene rings is 2. The molecule has 0 amide bonds. The molecule has 24 heavy (non-hydrogen) atoms. The molecule has 2 heterocycles. The van der Waals surface area contributed by atoms with E-state index >= 15 is 0 Å². The van der Waals surface area contributed by atoms with Crippen molar-refractivity contribution in [2.24, 2.45) is 0 Å². The summed E-state index contributed by atoms with van der Waals surface area (Å²) in [6.07, 6.45) is 3.30. The summed E-state index contributed by atoms with van der Waals surface area (Å²) in [5, 5.41) is 3.56. The first-order valence-electron chi connectivity index (χ1n) is 7.82. The largest absolute Gasteiger partial charge is 0.464 e. The van der Waals surface area contributed by atoms with Gasteiger partial charge < -0.3 is 8.83 Å². The molecular formula is C20H20Cl2O2. The van der Waals surface area contributed by atoms with E-state index in [1.807, 2.05) is 64.1 Å². The molecule has 0 spiro atoms. The third-order valence-electron chi connectivity index (χ3n) is 3.53. The molecule has 0 aliphatic rings. The minimum atomic E-state index is 0.788. The number of furan rings is 2. The molecule has 0 saturated heterocycles. The summed E-state index contributed by atoms with van der Waals surface area (Å²) in [6.45, 7) is 7.96. The van der Waals surface area contributed by atoms with Gasteiger partial charge in [-0.2, -0.15) is 0 Å². The van der Waals surface area contributed by atoms with Crippen molar-refractivity contribution in [2.45, 2.75) is 27.7 Å². The highest BCUT2D eigenvalue weighted by Gasteiger charge is 2.03. The van der Waals surface area contributed by atoms with Gasteiger partial charge in [-0.15, -0.1) is 0 Å². The third-order valence-corrected chi connectivity index (χ3v) is 4.53. The van der Waals surface area contributed by atoms with Gasteiger partial charge in [0.05, 0.1) is 22.6 Å². The molecule has 0 radical (unpaired) electrons. The minimum Gasteiger partial charge on any atom is -0.464 e. The van der Waals surface area contributed by atoms with Gasteiger partial charge in [-0.3, -0.25) is 0 Å². The van der Waals surface area contributed by atoms with E-state index in [-0.39, 0.29) is 0 Å². The lowest BCUT2D eigenvalue weighted by molar-refractivity contribution is 0.615. The van der Waals surface area contributed by atoms with E-state index < -0.39 is 0 Å². The lowest BCUT2D eigenvalue weighted by Crippen LogP contribution is -1.73. The fourth-order valence-corrected chi connectivity index (χ4v) is 2.67. The lowest BCUT2D eigenvalue weighted by Gasteiger charge is -1.96. The molecule has 2 nitrogen and oxygen atoms in total. The SMILES string of the molecule is CC.Cc1ccc2occc2c1Cl.Cc1ccc2occc2c1Cl. The van der Waals surface area contributed by atoms with E-state index in [9.17, 15) is 0 Å². The van der Waals surface area contributed by atoms with Gasteiger partial charge in [-0.25, -0.2) is 0 Å². The fraction of sp³-hybridized carbons (Fsp3) is 0.200. The monoisotopic (exact) mass is 362 g/mol. The standard InChI is InChI=1S/2C9H7ClO.C2H6/c2*1-6-2-3-8-7(9(6)10)4-5-11-8;1-2/h2*2-5H,1H3;1-2H3. The molecule has 2 aromatic carbocycles. The highest BCUT2D eigenvalue weighted by atomic mass is 35.5. The van der Waals surface area contributed by atoms with Crippen molar-refractivity contribution in [3.63, 3.8) is 0 Å². The van der Waals surface area contributed by atoms with Gasteiger partial charge >= 0.3 is 0 Å². The zero-order valence-electron chi connectivity index (χ0n) is 14.2. The first-order chi connectivity index (χ1) is 11.6. The van der Waals surface area contributed by atoms with Crippen LogP contribution in [0.4, 0.5) is 0 Å². The Labute approximate surface area is 152 Å². The molecule has 0 unspecified atom stereocenters. The molecule has 0 N–H and O–H groups in total. The molecule has 2 aromatic heterocycles. The maximum Gasteiger partial charge on any atom is 0.135 e. The summed E-state index contributed by atoms with van der Waals surface area (Å²) >= 11 is 12.0. The van der Waals surface area contributed by atoms with Crippen LogP contribution in [-0.4, -0.2) is 0 Å². The Morgan fingerprint density at radius 2 is 1.00 bits per heavy atom. The maximum absolute atomic E-state index is 6.01. The van der Waals surface area contributed by atoms with E-state index in [0.29, 0.717) is 0 Å². The van der Waals surface area contributed by atoms with Crippen molar-refractivity contribution < 1.29 is 8.83 Å². The third kappa shape index (κ3) is 3.77. The summed E-state index contributed by atoms with van der Waals surface area (Å²) in [5.41, 5.74) is 3.86. The average molecular weight is 363 g/mol. The summed E-state index contributed by atoms with van der Waals surface area (Å²) in [7, 11) is 0. The number of fused-ring (bicyclic) bond motifs is 2. The smallest absolute Gasteiger partial charge is 0.135 e. The number of hydrogen-bond donors (Lipinski definition) is 0. The van der Waals surface area contributed by atoms with Gasteiger partial charge in [0, 0.05) is 10.8 Å². The Bertz CT molecular complexity index is 857. The van der Waals surface area contributed by atoms with Crippen LogP contribution in [0.25, 0.3) is 21.9 Å². The molecule has 0 atom stereocenters. The van der Waals surface area contributed by atoms with Gasteiger partial charge in [-0.1, -0.05) is 49.2 Å². The van der Waals surface area contributed by atoms with E-state index in [4.69, 9.17) is 32.0 Å². The van der Waals surface area contributed by atoms with Crippen molar-refractivity contribution in [1.29, 1.82) is 0 Å². The van der Waals surface area contributed by atoms with Crippen molar-refractivity contribution in [2.75, 3.05) is 0 Å². The van der Waals surface area contributed by atoms with Gasteiger partial charge in [-0.05, 0) is 49.2 Å². The number of hydrogen-bond acceptors (Lipinski definition) is 2. The molecule has 0 bridgehead atoms. The molecule has 0 saturated carbocycles. The Balaban J connectivity index is 0.000000158. The zero-order chi connectivity index (χ0) is 17.7. The molecule has 4 aromatic rings. The number of rotatable bonds is 0. The van der Waals surface area contributed by atoms with Crippen LogP contribution in [0.2, 0.25) is 10.0 Å².